The number of aliphatic imine (C=N–C) groups is 1. The van der Waals surface area contributed by atoms with Gasteiger partial charge in [-0.05, 0) is 63.8 Å². The van der Waals surface area contributed by atoms with Gasteiger partial charge in [0.25, 0.3) is 0 Å². The van der Waals surface area contributed by atoms with Crippen LogP contribution in [-0.4, -0.2) is 112 Å². The van der Waals surface area contributed by atoms with Crippen molar-refractivity contribution in [2.24, 2.45) is 10.7 Å². The Kier molecular flexibility index (Phi) is 10.7. The molecule has 0 aliphatic carbocycles. The molecule has 3 aliphatic rings. The SMILES string of the molecule is C=C1NC(C)=CC(C)=C1CN=C(N)c1cc(N2CCC(N3CCN(CCS(C)(=O)=O)CC3)CC2)nc(NC(C)C)c1C=N. The van der Waals surface area contributed by atoms with Crippen LogP contribution in [0.5, 0.6) is 0 Å². The van der Waals surface area contributed by atoms with Crippen LogP contribution in [0.1, 0.15) is 51.7 Å². The van der Waals surface area contributed by atoms with E-state index in [1.165, 1.54) is 12.5 Å². The topological polar surface area (TPSA) is 143 Å². The number of hydrogen-bond acceptors (Lipinski definition) is 10. The molecule has 4 heterocycles. The van der Waals surface area contributed by atoms with Crippen LogP contribution in [0.15, 0.2) is 46.3 Å². The van der Waals surface area contributed by atoms with Gasteiger partial charge in [-0.1, -0.05) is 6.58 Å². The molecule has 1 aromatic rings. The van der Waals surface area contributed by atoms with Crippen LogP contribution in [0.2, 0.25) is 0 Å². The highest BCUT2D eigenvalue weighted by atomic mass is 32.2. The van der Waals surface area contributed by atoms with E-state index in [4.69, 9.17) is 21.1 Å². The van der Waals surface area contributed by atoms with Crippen molar-refractivity contribution in [2.45, 2.75) is 52.6 Å². The summed E-state index contributed by atoms with van der Waals surface area (Å²) in [6, 6.07) is 2.61. The molecule has 5 N–H and O–H groups in total. The smallest absolute Gasteiger partial charge is 0.148 e. The first kappa shape index (κ1) is 32.7. The maximum Gasteiger partial charge on any atom is 0.148 e. The number of nitrogens with zero attached hydrogens (tertiary/aromatic N) is 5. The Balaban J connectivity index is 1.48. The number of rotatable bonds is 11. The van der Waals surface area contributed by atoms with Crippen LogP contribution in [0.3, 0.4) is 0 Å². The maximum atomic E-state index is 11.5. The van der Waals surface area contributed by atoms with Crippen LogP contribution in [-0.2, 0) is 9.84 Å². The van der Waals surface area contributed by atoms with E-state index in [0.717, 1.165) is 80.5 Å². The zero-order valence-corrected chi connectivity index (χ0v) is 27.2. The Hall–Kier alpha value is -3.22. The predicted molar refractivity (Wildman–Crippen MR) is 178 cm³/mol. The fraction of sp³-hybridized carbons (Fsp3) is 0.581. The minimum Gasteiger partial charge on any atom is -0.383 e. The van der Waals surface area contributed by atoms with Gasteiger partial charge in [-0.25, -0.2) is 13.4 Å². The molecule has 2 saturated heterocycles. The molecule has 43 heavy (non-hydrogen) atoms. The predicted octanol–water partition coefficient (Wildman–Crippen LogP) is 2.57. The summed E-state index contributed by atoms with van der Waals surface area (Å²) in [6.45, 7) is 18.8. The normalized spacial score (nSPS) is 20.0. The van der Waals surface area contributed by atoms with Gasteiger partial charge in [0.05, 0.1) is 12.3 Å². The lowest BCUT2D eigenvalue weighted by atomic mass is 10.0. The number of aromatic nitrogens is 1. The molecular weight excluding hydrogens is 562 g/mol. The minimum absolute atomic E-state index is 0.133. The molecule has 0 aromatic carbocycles. The summed E-state index contributed by atoms with van der Waals surface area (Å²) in [5.74, 6) is 2.07. The molecule has 0 unspecified atom stereocenters. The van der Waals surface area contributed by atoms with Gasteiger partial charge in [-0.2, -0.15) is 0 Å². The maximum absolute atomic E-state index is 11.5. The van der Waals surface area contributed by atoms with E-state index in [9.17, 15) is 8.42 Å². The second-order valence-corrected chi connectivity index (χ2v) is 14.5. The van der Waals surface area contributed by atoms with Gasteiger partial charge < -0.3 is 26.7 Å². The Morgan fingerprint density at radius 2 is 1.91 bits per heavy atom. The molecule has 0 spiro atoms. The van der Waals surface area contributed by atoms with Gasteiger partial charge >= 0.3 is 0 Å². The monoisotopic (exact) mass is 611 g/mol. The molecule has 0 saturated carbocycles. The number of piperazine rings is 1. The van der Waals surface area contributed by atoms with Crippen LogP contribution < -0.4 is 21.3 Å². The first-order valence-corrected chi connectivity index (χ1v) is 17.3. The first-order valence-electron chi connectivity index (χ1n) is 15.2. The van der Waals surface area contributed by atoms with E-state index >= 15 is 0 Å². The van der Waals surface area contributed by atoms with Crippen molar-refractivity contribution in [1.29, 1.82) is 5.41 Å². The van der Waals surface area contributed by atoms with Crippen molar-refractivity contribution in [3.8, 4) is 0 Å². The van der Waals surface area contributed by atoms with Gasteiger partial charge in [0.15, 0.2) is 0 Å². The Morgan fingerprint density at radius 3 is 2.49 bits per heavy atom. The quantitative estimate of drug-likeness (QED) is 0.219. The second kappa shape index (κ2) is 14.0. The molecule has 1 aromatic heterocycles. The number of nitrogens with two attached hydrogens (primary N) is 1. The third-order valence-corrected chi connectivity index (χ3v) is 9.33. The molecular formula is C31H49N9O2S. The number of hydrogen-bond donors (Lipinski definition) is 4. The molecule has 0 radical (unpaired) electrons. The van der Waals surface area contributed by atoms with Crippen molar-refractivity contribution >= 4 is 33.5 Å². The number of pyridine rings is 1. The van der Waals surface area contributed by atoms with Gasteiger partial charge in [-0.15, -0.1) is 0 Å². The molecule has 2 fully saturated rings. The number of amidine groups is 1. The third kappa shape index (κ3) is 8.67. The number of piperidine rings is 1. The summed E-state index contributed by atoms with van der Waals surface area (Å²) in [5.41, 5.74) is 12.0. The average molecular weight is 612 g/mol. The van der Waals surface area contributed by atoms with Crippen molar-refractivity contribution in [1.82, 2.24) is 20.1 Å². The lowest BCUT2D eigenvalue weighted by molar-refractivity contribution is 0.0881. The van der Waals surface area contributed by atoms with Crippen molar-refractivity contribution < 1.29 is 8.42 Å². The Labute approximate surface area is 257 Å². The van der Waals surface area contributed by atoms with E-state index in [2.05, 4.69) is 58.8 Å². The number of anilines is 2. The van der Waals surface area contributed by atoms with Crippen LogP contribution in [0, 0.1) is 5.41 Å². The molecule has 11 nitrogen and oxygen atoms in total. The molecule has 0 amide bonds. The van der Waals surface area contributed by atoms with Gasteiger partial charge in [0.1, 0.15) is 27.3 Å². The zero-order chi connectivity index (χ0) is 31.3. The van der Waals surface area contributed by atoms with Crippen LogP contribution in [0.4, 0.5) is 11.6 Å². The van der Waals surface area contributed by atoms with Crippen LogP contribution >= 0.6 is 0 Å². The average Bonchev–Trinajstić information content (AvgIpc) is 2.94. The van der Waals surface area contributed by atoms with Crippen molar-refractivity contribution in [3.63, 3.8) is 0 Å². The Morgan fingerprint density at radius 1 is 1.23 bits per heavy atom. The van der Waals surface area contributed by atoms with E-state index < -0.39 is 9.84 Å². The first-order chi connectivity index (χ1) is 20.3. The number of sulfone groups is 1. The van der Waals surface area contributed by atoms with Crippen LogP contribution in [0.25, 0.3) is 0 Å². The number of allylic oxidation sites excluding steroid dienone is 3. The number of nitrogens with one attached hydrogen (secondary N) is 3. The lowest BCUT2D eigenvalue weighted by Crippen LogP contribution is -2.53. The summed E-state index contributed by atoms with van der Waals surface area (Å²) in [4.78, 5) is 16.8. The molecule has 12 heteroatoms. The fourth-order valence-electron chi connectivity index (χ4n) is 6.02. The van der Waals surface area contributed by atoms with Crippen molar-refractivity contribution in [2.75, 3.05) is 74.6 Å². The molecule has 4 rings (SSSR count). The summed E-state index contributed by atoms with van der Waals surface area (Å²) in [6.07, 6.45) is 6.74. The second-order valence-electron chi connectivity index (χ2n) is 12.3. The third-order valence-electron chi connectivity index (χ3n) is 8.41. The highest BCUT2D eigenvalue weighted by molar-refractivity contribution is 7.90. The van der Waals surface area contributed by atoms with E-state index in [0.29, 0.717) is 41.9 Å². The van der Waals surface area contributed by atoms with E-state index in [-0.39, 0.29) is 11.8 Å². The fourth-order valence-corrected chi connectivity index (χ4v) is 6.61. The van der Waals surface area contributed by atoms with Gasteiger partial charge in [-0.3, -0.25) is 14.8 Å². The summed E-state index contributed by atoms with van der Waals surface area (Å²) >= 11 is 0. The number of dihydropyridines is 1. The highest BCUT2D eigenvalue weighted by Gasteiger charge is 2.29. The van der Waals surface area contributed by atoms with Crippen molar-refractivity contribution in [3.05, 3.63) is 52.4 Å². The Bertz CT molecular complexity index is 1400. The summed E-state index contributed by atoms with van der Waals surface area (Å²) in [5, 5.41) is 14.9. The lowest BCUT2D eigenvalue weighted by Gasteiger charge is -2.43. The zero-order valence-electron chi connectivity index (χ0n) is 26.4. The molecule has 236 valence electrons. The summed E-state index contributed by atoms with van der Waals surface area (Å²) in [7, 11) is -2.94. The largest absolute Gasteiger partial charge is 0.383 e. The summed E-state index contributed by atoms with van der Waals surface area (Å²) < 4.78 is 23.1. The van der Waals surface area contributed by atoms with E-state index in [1.54, 1.807) is 0 Å². The standard InChI is InChI=1S/C31H49N9O2S/c1-21(2)35-31-27(19-32)26(30(33)34-20-28-22(3)17-23(4)36-24(28)5)18-29(37-31)40-9-7-25(8-10-40)39-13-11-38(12-14-39)15-16-43(6,41)42/h17-19,21,25,32,36H,5,7-16,20H2,1-4,6H3,(H2,33,34)(H,35,37). The molecule has 3 aliphatic heterocycles. The molecule has 0 atom stereocenters. The van der Waals surface area contributed by atoms with E-state index in [1.807, 2.05) is 13.0 Å². The van der Waals surface area contributed by atoms with Gasteiger partial charge in [0, 0.05) is 92.9 Å². The minimum atomic E-state index is -2.94. The highest BCUT2D eigenvalue weighted by Crippen LogP contribution is 2.28. The van der Waals surface area contributed by atoms with Gasteiger partial charge in [0.2, 0.25) is 0 Å². The molecule has 0 bridgehead atoms.